The molecule has 0 radical (unpaired) electrons. The topological polar surface area (TPSA) is 21.6 Å². The molecule has 0 N–H and O–H groups in total. The summed E-state index contributed by atoms with van der Waals surface area (Å²) < 4.78 is 6.44. The van der Waals surface area contributed by atoms with Gasteiger partial charge in [-0.25, -0.2) is 0 Å². The van der Waals surface area contributed by atoms with Crippen molar-refractivity contribution in [3.8, 4) is 5.75 Å². The zero-order valence-electron chi connectivity index (χ0n) is 13.1. The molecule has 3 atom stereocenters. The second-order valence-electron chi connectivity index (χ2n) is 6.69. The molecule has 0 aromatic heterocycles. The van der Waals surface area contributed by atoms with Crippen molar-refractivity contribution in [3.05, 3.63) is 59.7 Å². The molecule has 3 unspecified atom stereocenters. The number of fused-ring (bicyclic) bond motifs is 3. The van der Waals surface area contributed by atoms with E-state index in [1.54, 1.807) is 0 Å². The van der Waals surface area contributed by atoms with Crippen LogP contribution in [0, 0.1) is 11.8 Å². The van der Waals surface area contributed by atoms with Gasteiger partial charge in [0.2, 0.25) is 0 Å². The number of rotatable bonds is 3. The summed E-state index contributed by atoms with van der Waals surface area (Å²) in [4.78, 5) is 4.56. The molecule has 2 heteroatoms. The van der Waals surface area contributed by atoms with Crippen molar-refractivity contribution in [2.45, 2.75) is 32.4 Å². The van der Waals surface area contributed by atoms with Crippen molar-refractivity contribution < 1.29 is 4.74 Å². The molecule has 112 valence electrons. The largest absolute Gasteiger partial charge is 0.484 e. The van der Waals surface area contributed by atoms with E-state index >= 15 is 0 Å². The molecule has 1 aromatic carbocycles. The number of allylic oxidation sites excluding steroid dienone is 3. The maximum atomic E-state index is 6.44. The maximum absolute atomic E-state index is 6.44. The summed E-state index contributed by atoms with van der Waals surface area (Å²) in [6.07, 6.45) is 13.8. The van der Waals surface area contributed by atoms with Crippen molar-refractivity contribution in [2.75, 3.05) is 0 Å². The van der Waals surface area contributed by atoms with Crippen LogP contribution in [0.15, 0.2) is 53.6 Å². The van der Waals surface area contributed by atoms with E-state index in [-0.39, 0.29) is 18.1 Å². The van der Waals surface area contributed by atoms with Crippen molar-refractivity contribution in [1.29, 1.82) is 0 Å². The molecule has 0 spiro atoms. The van der Waals surface area contributed by atoms with Gasteiger partial charge >= 0.3 is 0 Å². The first-order chi connectivity index (χ1) is 10.7. The first-order valence-electron chi connectivity index (χ1n) is 8.11. The molecule has 2 nitrogen and oxygen atoms in total. The van der Waals surface area contributed by atoms with Crippen LogP contribution in [0.3, 0.4) is 0 Å². The fraction of sp³-hybridized carbons (Fsp3) is 0.350. The number of para-hydroxylation sites is 1. The third-order valence-electron chi connectivity index (χ3n) is 4.59. The Bertz CT molecular complexity index is 696. The number of ether oxygens (including phenoxy) is 1. The Labute approximate surface area is 131 Å². The van der Waals surface area contributed by atoms with Crippen molar-refractivity contribution in [1.82, 2.24) is 0 Å². The molecule has 2 heterocycles. The third-order valence-corrected chi connectivity index (χ3v) is 4.59. The lowest BCUT2D eigenvalue weighted by Crippen LogP contribution is -2.31. The predicted molar refractivity (Wildman–Crippen MR) is 91.4 cm³/mol. The van der Waals surface area contributed by atoms with Gasteiger partial charge in [-0.05, 0) is 24.0 Å². The first kappa shape index (κ1) is 13.6. The Morgan fingerprint density at radius 1 is 1.18 bits per heavy atom. The van der Waals surface area contributed by atoms with Crippen LogP contribution >= 0.6 is 0 Å². The fourth-order valence-corrected chi connectivity index (χ4v) is 3.64. The number of nitrogens with zero attached hydrogens (tertiary/aromatic N) is 1. The monoisotopic (exact) mass is 291 g/mol. The molecule has 0 bridgehead atoms. The minimum absolute atomic E-state index is 0.0956. The summed E-state index contributed by atoms with van der Waals surface area (Å²) in [5, 5.41) is 0. The van der Waals surface area contributed by atoms with Gasteiger partial charge in [0.15, 0.2) is 0 Å². The number of hydrogen-bond donors (Lipinski definition) is 0. The minimum Gasteiger partial charge on any atom is -0.484 e. The second-order valence-corrected chi connectivity index (χ2v) is 6.69. The second kappa shape index (κ2) is 5.28. The fourth-order valence-electron chi connectivity index (χ4n) is 3.64. The number of aliphatic imine (C=N–C) groups is 1. The molecule has 0 saturated heterocycles. The molecular weight excluding hydrogens is 270 g/mol. The quantitative estimate of drug-likeness (QED) is 0.817. The summed E-state index contributed by atoms with van der Waals surface area (Å²) in [6.45, 7) is 4.51. The number of benzene rings is 1. The third kappa shape index (κ3) is 2.14. The summed E-state index contributed by atoms with van der Waals surface area (Å²) in [6, 6.07) is 6.75. The van der Waals surface area contributed by atoms with Crippen molar-refractivity contribution >= 4 is 11.8 Å². The molecule has 0 amide bonds. The Morgan fingerprint density at radius 3 is 2.86 bits per heavy atom. The Hall–Kier alpha value is -2.09. The Kier molecular flexibility index (Phi) is 3.25. The van der Waals surface area contributed by atoms with Gasteiger partial charge in [-0.2, -0.15) is 0 Å². The molecule has 1 aromatic rings. The highest BCUT2D eigenvalue weighted by Gasteiger charge is 2.39. The van der Waals surface area contributed by atoms with Crippen LogP contribution in [0.1, 0.15) is 25.0 Å². The predicted octanol–water partition coefficient (Wildman–Crippen LogP) is 4.22. The van der Waals surface area contributed by atoms with Crippen LogP contribution in [-0.2, 0) is 6.42 Å². The van der Waals surface area contributed by atoms with E-state index in [1.807, 2.05) is 12.3 Å². The molecule has 1 aliphatic carbocycles. The smallest absolute Gasteiger partial charge is 0.133 e. The molecule has 4 rings (SSSR count). The molecule has 0 saturated carbocycles. The van der Waals surface area contributed by atoms with E-state index in [1.165, 1.54) is 16.7 Å². The lowest BCUT2D eigenvalue weighted by molar-refractivity contribution is 0.216. The highest BCUT2D eigenvalue weighted by atomic mass is 16.5. The molecule has 22 heavy (non-hydrogen) atoms. The Balaban J connectivity index is 1.71. The van der Waals surface area contributed by atoms with Crippen molar-refractivity contribution in [3.63, 3.8) is 0 Å². The Morgan fingerprint density at radius 2 is 2.09 bits per heavy atom. The van der Waals surface area contributed by atoms with Crippen LogP contribution < -0.4 is 4.74 Å². The summed E-state index contributed by atoms with van der Waals surface area (Å²) in [7, 11) is 0. The standard InChI is InChI=1S/C20H21NO/c1-13(2)12-14-6-3-7-15-16-8-4-9-17(18-10-5-11-21-18)20(16)22-19(14)15/h3-11,13,17-18,20H,12H2,1-2H3. The van der Waals surface area contributed by atoms with Crippen LogP contribution in [-0.4, -0.2) is 18.4 Å². The normalized spacial score (nSPS) is 27.8. The minimum atomic E-state index is 0.0956. The van der Waals surface area contributed by atoms with Gasteiger partial charge in [-0.1, -0.05) is 56.4 Å². The molecule has 3 aliphatic rings. The van der Waals surface area contributed by atoms with Crippen LogP contribution in [0.25, 0.3) is 5.57 Å². The van der Waals surface area contributed by atoms with Gasteiger partial charge in [0.05, 0.1) is 6.04 Å². The average Bonchev–Trinajstić information content (AvgIpc) is 3.14. The maximum Gasteiger partial charge on any atom is 0.133 e. The van der Waals surface area contributed by atoms with Gasteiger partial charge in [0, 0.05) is 23.3 Å². The molecule has 0 fully saturated rings. The zero-order chi connectivity index (χ0) is 15.1. The first-order valence-corrected chi connectivity index (χ1v) is 8.11. The lowest BCUT2D eigenvalue weighted by atomic mass is 9.84. The molecule has 2 aliphatic heterocycles. The summed E-state index contributed by atoms with van der Waals surface area (Å²) in [5.41, 5.74) is 3.90. The summed E-state index contributed by atoms with van der Waals surface area (Å²) >= 11 is 0. The van der Waals surface area contributed by atoms with E-state index in [0.717, 1.165) is 12.2 Å². The lowest BCUT2D eigenvalue weighted by Gasteiger charge is -2.26. The SMILES string of the molecule is CC(C)Cc1cccc2c1OC1C2=CC=CC1C1C=CC=N1. The van der Waals surface area contributed by atoms with E-state index in [9.17, 15) is 0 Å². The van der Waals surface area contributed by atoms with E-state index < -0.39 is 0 Å². The van der Waals surface area contributed by atoms with Crippen LogP contribution in [0.5, 0.6) is 5.75 Å². The van der Waals surface area contributed by atoms with Crippen molar-refractivity contribution in [2.24, 2.45) is 16.8 Å². The van der Waals surface area contributed by atoms with E-state index in [4.69, 9.17) is 4.74 Å². The molecular formula is C20H21NO. The number of hydrogen-bond acceptors (Lipinski definition) is 2. The zero-order valence-corrected chi connectivity index (χ0v) is 13.1. The van der Waals surface area contributed by atoms with Gasteiger partial charge < -0.3 is 4.74 Å². The van der Waals surface area contributed by atoms with E-state index in [2.05, 4.69) is 61.3 Å². The van der Waals surface area contributed by atoms with Crippen LogP contribution in [0.2, 0.25) is 0 Å². The highest BCUT2D eigenvalue weighted by Crippen LogP contribution is 2.46. The van der Waals surface area contributed by atoms with Gasteiger partial charge in [0.25, 0.3) is 0 Å². The summed E-state index contributed by atoms with van der Waals surface area (Å²) in [5.74, 6) is 2.00. The average molecular weight is 291 g/mol. The van der Waals surface area contributed by atoms with Gasteiger partial charge in [-0.15, -0.1) is 0 Å². The highest BCUT2D eigenvalue weighted by molar-refractivity contribution is 5.81. The van der Waals surface area contributed by atoms with E-state index in [0.29, 0.717) is 5.92 Å². The van der Waals surface area contributed by atoms with Gasteiger partial charge in [-0.3, -0.25) is 4.99 Å². The van der Waals surface area contributed by atoms with Crippen LogP contribution in [0.4, 0.5) is 0 Å². The van der Waals surface area contributed by atoms with Gasteiger partial charge in [0.1, 0.15) is 11.9 Å².